The van der Waals surface area contributed by atoms with Gasteiger partial charge in [0.05, 0.1) is 0 Å². The lowest BCUT2D eigenvalue weighted by Gasteiger charge is -2.27. The van der Waals surface area contributed by atoms with E-state index in [0.717, 1.165) is 25.7 Å². The van der Waals surface area contributed by atoms with E-state index in [1.54, 1.807) is 18.9 Å². The van der Waals surface area contributed by atoms with Crippen LogP contribution in [0, 0.1) is 30.4 Å². The minimum Gasteiger partial charge on any atom is -0.339 e. The molecule has 3 nitrogen and oxygen atoms in total. The zero-order valence-corrected chi connectivity index (χ0v) is 14.9. The first-order chi connectivity index (χ1) is 11.3. The monoisotopic (exact) mass is 336 g/mol. The second-order valence-electron chi connectivity index (χ2n) is 7.70. The minimum atomic E-state index is -0.777. The highest BCUT2D eigenvalue weighted by Crippen LogP contribution is 2.46. The molecule has 1 aromatic rings. The molecule has 0 N–H and O–H groups in total. The quantitative estimate of drug-likeness (QED) is 0.844. The van der Waals surface area contributed by atoms with Gasteiger partial charge in [-0.25, -0.2) is 8.78 Å². The van der Waals surface area contributed by atoms with Crippen LogP contribution < -0.4 is 0 Å². The first-order valence-corrected chi connectivity index (χ1v) is 8.67. The molecule has 3 rings (SSSR count). The van der Waals surface area contributed by atoms with Gasteiger partial charge in [0.2, 0.25) is 0 Å². The molecule has 0 aromatic heterocycles. The van der Waals surface area contributed by atoms with Crippen molar-refractivity contribution in [1.29, 1.82) is 0 Å². The summed E-state index contributed by atoms with van der Waals surface area (Å²) >= 11 is 0. The van der Waals surface area contributed by atoms with Crippen LogP contribution in [0.25, 0.3) is 0 Å². The van der Waals surface area contributed by atoms with Crippen LogP contribution in [0.1, 0.15) is 41.6 Å². The van der Waals surface area contributed by atoms with Gasteiger partial charge in [-0.1, -0.05) is 6.07 Å². The molecule has 5 heteroatoms. The SMILES string of the molecule is Cc1ccc(F)c(C(=O)N(C)C2C[C@H]3CC(N(C)C)C[C@H]3C2)c1F. The maximum Gasteiger partial charge on any atom is 0.259 e. The van der Waals surface area contributed by atoms with Crippen LogP contribution in [0.5, 0.6) is 0 Å². The fraction of sp³-hybridized carbons (Fsp3) is 0.632. The molecule has 24 heavy (non-hydrogen) atoms. The molecular weight excluding hydrogens is 310 g/mol. The Kier molecular flexibility index (Phi) is 4.65. The summed E-state index contributed by atoms with van der Waals surface area (Å²) in [5.41, 5.74) is -0.119. The van der Waals surface area contributed by atoms with Gasteiger partial charge in [0, 0.05) is 19.1 Å². The number of hydrogen-bond acceptors (Lipinski definition) is 2. The number of carbonyl (C=O) groups is 1. The van der Waals surface area contributed by atoms with E-state index in [1.165, 1.54) is 12.1 Å². The standard InChI is InChI=1S/C19H26F2N2O/c1-11-5-6-16(20)17(18(11)21)19(24)23(4)15-9-12-7-14(22(2)3)8-13(12)10-15/h5-6,12-15H,7-10H2,1-4H3/t12-,13+,14?,15?. The summed E-state index contributed by atoms with van der Waals surface area (Å²) in [5.74, 6) is -0.823. The topological polar surface area (TPSA) is 23.6 Å². The molecule has 1 aromatic carbocycles. The zero-order valence-electron chi connectivity index (χ0n) is 14.9. The maximum atomic E-state index is 14.2. The highest BCUT2D eigenvalue weighted by molar-refractivity contribution is 5.95. The lowest BCUT2D eigenvalue weighted by atomic mass is 10.0. The van der Waals surface area contributed by atoms with Gasteiger partial charge in [-0.2, -0.15) is 0 Å². The maximum absolute atomic E-state index is 14.2. The normalized spacial score (nSPS) is 29.1. The van der Waals surface area contributed by atoms with Gasteiger partial charge in [-0.3, -0.25) is 4.79 Å². The minimum absolute atomic E-state index is 0.0786. The van der Waals surface area contributed by atoms with E-state index < -0.39 is 23.1 Å². The lowest BCUT2D eigenvalue weighted by Crippen LogP contribution is -2.37. The summed E-state index contributed by atoms with van der Waals surface area (Å²) in [5, 5.41) is 0. The van der Waals surface area contributed by atoms with Crippen molar-refractivity contribution >= 4 is 5.91 Å². The predicted octanol–water partition coefficient (Wildman–Crippen LogP) is 3.46. The third-order valence-corrected chi connectivity index (χ3v) is 6.06. The Labute approximate surface area is 142 Å². The number of halogens is 2. The number of fused-ring (bicyclic) bond motifs is 1. The molecule has 0 spiro atoms. The lowest BCUT2D eigenvalue weighted by molar-refractivity contribution is 0.0716. The Hall–Kier alpha value is -1.49. The summed E-state index contributed by atoms with van der Waals surface area (Å²) in [6, 6.07) is 3.23. The van der Waals surface area contributed by atoms with Crippen molar-refractivity contribution in [1.82, 2.24) is 9.80 Å². The van der Waals surface area contributed by atoms with Crippen LogP contribution >= 0.6 is 0 Å². The number of amides is 1. The van der Waals surface area contributed by atoms with E-state index >= 15 is 0 Å². The molecule has 0 heterocycles. The van der Waals surface area contributed by atoms with Gasteiger partial charge in [0.1, 0.15) is 17.2 Å². The molecule has 0 bridgehead atoms. The highest BCUT2D eigenvalue weighted by atomic mass is 19.1. The molecule has 2 unspecified atom stereocenters. The molecular formula is C19H26F2N2O. The molecule has 1 amide bonds. The van der Waals surface area contributed by atoms with Gasteiger partial charge >= 0.3 is 0 Å². The van der Waals surface area contributed by atoms with E-state index in [4.69, 9.17) is 0 Å². The van der Waals surface area contributed by atoms with Crippen LogP contribution in [-0.4, -0.2) is 48.9 Å². The van der Waals surface area contributed by atoms with E-state index in [0.29, 0.717) is 23.4 Å². The molecule has 2 aliphatic rings. The highest BCUT2D eigenvalue weighted by Gasteiger charge is 2.44. The third-order valence-electron chi connectivity index (χ3n) is 6.06. The number of carbonyl (C=O) groups excluding carboxylic acids is 1. The molecule has 0 aliphatic heterocycles. The molecule has 0 saturated heterocycles. The molecule has 2 aliphatic carbocycles. The fourth-order valence-electron chi connectivity index (χ4n) is 4.49. The van der Waals surface area contributed by atoms with Crippen molar-refractivity contribution in [3.8, 4) is 0 Å². The van der Waals surface area contributed by atoms with E-state index in [2.05, 4.69) is 19.0 Å². The molecule has 2 saturated carbocycles. The first kappa shape index (κ1) is 17.3. The number of benzene rings is 1. The second-order valence-corrected chi connectivity index (χ2v) is 7.70. The Morgan fingerprint density at radius 3 is 2.08 bits per heavy atom. The van der Waals surface area contributed by atoms with Crippen molar-refractivity contribution in [2.24, 2.45) is 11.8 Å². The van der Waals surface area contributed by atoms with Crippen molar-refractivity contribution in [2.45, 2.75) is 44.7 Å². The van der Waals surface area contributed by atoms with Gasteiger partial charge in [0.25, 0.3) is 5.91 Å². The Balaban J connectivity index is 1.72. The summed E-state index contributed by atoms with van der Waals surface area (Å²) in [7, 11) is 5.91. The fourth-order valence-corrected chi connectivity index (χ4v) is 4.49. The average Bonchev–Trinajstić information content (AvgIpc) is 3.09. The summed E-state index contributed by atoms with van der Waals surface area (Å²) in [4.78, 5) is 16.5. The number of hydrogen-bond donors (Lipinski definition) is 0. The molecule has 0 radical (unpaired) electrons. The van der Waals surface area contributed by atoms with Gasteiger partial charge in [-0.15, -0.1) is 0 Å². The first-order valence-electron chi connectivity index (χ1n) is 8.67. The predicted molar refractivity (Wildman–Crippen MR) is 89.9 cm³/mol. The number of aryl methyl sites for hydroxylation is 1. The average molecular weight is 336 g/mol. The van der Waals surface area contributed by atoms with Gasteiger partial charge in [-0.05, 0) is 70.2 Å². The largest absolute Gasteiger partial charge is 0.339 e. The van der Waals surface area contributed by atoms with Crippen LogP contribution in [0.2, 0.25) is 0 Å². The van der Waals surface area contributed by atoms with E-state index in [-0.39, 0.29) is 6.04 Å². The number of rotatable bonds is 3. The summed E-state index contributed by atoms with van der Waals surface area (Å²) < 4.78 is 28.2. The Morgan fingerprint density at radius 2 is 1.54 bits per heavy atom. The van der Waals surface area contributed by atoms with Crippen LogP contribution in [0.15, 0.2) is 12.1 Å². The van der Waals surface area contributed by atoms with Gasteiger partial charge in [0.15, 0.2) is 0 Å². The van der Waals surface area contributed by atoms with Crippen LogP contribution in [0.4, 0.5) is 8.78 Å². The Morgan fingerprint density at radius 1 is 1.00 bits per heavy atom. The van der Waals surface area contributed by atoms with Crippen molar-refractivity contribution in [2.75, 3.05) is 21.1 Å². The van der Waals surface area contributed by atoms with Crippen molar-refractivity contribution < 1.29 is 13.6 Å². The molecule has 4 atom stereocenters. The van der Waals surface area contributed by atoms with Crippen LogP contribution in [0.3, 0.4) is 0 Å². The number of nitrogens with zero attached hydrogens (tertiary/aromatic N) is 2. The molecule has 2 fully saturated rings. The Bertz CT molecular complexity index is 632. The summed E-state index contributed by atoms with van der Waals surface area (Å²) in [6.07, 6.45) is 4.19. The van der Waals surface area contributed by atoms with E-state index in [1.807, 2.05) is 0 Å². The second kappa shape index (κ2) is 6.43. The zero-order chi connectivity index (χ0) is 17.6. The van der Waals surface area contributed by atoms with Crippen molar-refractivity contribution in [3.63, 3.8) is 0 Å². The smallest absolute Gasteiger partial charge is 0.259 e. The third kappa shape index (κ3) is 2.94. The molecule has 132 valence electrons. The van der Waals surface area contributed by atoms with Gasteiger partial charge < -0.3 is 9.80 Å². The van der Waals surface area contributed by atoms with Crippen molar-refractivity contribution in [3.05, 3.63) is 34.9 Å². The van der Waals surface area contributed by atoms with Crippen LogP contribution in [-0.2, 0) is 0 Å². The summed E-state index contributed by atoms with van der Waals surface area (Å²) in [6.45, 7) is 1.55. The van der Waals surface area contributed by atoms with E-state index in [9.17, 15) is 13.6 Å².